The molecule has 1 aromatic rings. The van der Waals surface area contributed by atoms with Crippen LogP contribution in [0.5, 0.6) is 0 Å². The molecule has 1 rings (SSSR count). The van der Waals surface area contributed by atoms with Gasteiger partial charge in [-0.15, -0.1) is 0 Å². The number of hydrogen-bond acceptors (Lipinski definition) is 4. The maximum Gasteiger partial charge on any atom is 0.404 e. The zero-order chi connectivity index (χ0) is 8.10. The molecular formula is C6H7N3O2. The van der Waals surface area contributed by atoms with E-state index in [1.54, 1.807) is 12.4 Å². The molecule has 0 radical (unpaired) electrons. The average molecular weight is 153 g/mol. The molecule has 0 bridgehead atoms. The molecule has 1 amide bonds. The second kappa shape index (κ2) is 3.50. The van der Waals surface area contributed by atoms with Crippen LogP contribution in [0.4, 0.5) is 4.79 Å². The van der Waals surface area contributed by atoms with Crippen molar-refractivity contribution < 1.29 is 9.53 Å². The Labute approximate surface area is 63.2 Å². The van der Waals surface area contributed by atoms with Crippen LogP contribution in [-0.4, -0.2) is 16.1 Å². The van der Waals surface area contributed by atoms with E-state index in [4.69, 9.17) is 5.73 Å². The third-order valence-electron chi connectivity index (χ3n) is 0.995. The molecule has 58 valence electrons. The van der Waals surface area contributed by atoms with Gasteiger partial charge in [-0.05, 0) is 0 Å². The van der Waals surface area contributed by atoms with Crippen molar-refractivity contribution >= 4 is 6.09 Å². The van der Waals surface area contributed by atoms with Crippen LogP contribution in [0, 0.1) is 0 Å². The van der Waals surface area contributed by atoms with Gasteiger partial charge in [0, 0.05) is 18.0 Å². The highest BCUT2D eigenvalue weighted by Gasteiger charge is 1.95. The summed E-state index contributed by atoms with van der Waals surface area (Å²) in [7, 11) is 0. The number of carbonyl (C=O) groups is 1. The third-order valence-corrected chi connectivity index (χ3v) is 0.995. The number of hydrogen-bond donors (Lipinski definition) is 1. The third kappa shape index (κ3) is 2.61. The molecule has 0 atom stereocenters. The van der Waals surface area contributed by atoms with Gasteiger partial charge in [-0.2, -0.15) is 0 Å². The van der Waals surface area contributed by atoms with Crippen LogP contribution in [0.1, 0.15) is 5.56 Å². The highest BCUT2D eigenvalue weighted by Crippen LogP contribution is 1.94. The lowest BCUT2D eigenvalue weighted by Crippen LogP contribution is -2.12. The molecule has 11 heavy (non-hydrogen) atoms. The molecule has 0 saturated carbocycles. The van der Waals surface area contributed by atoms with Crippen molar-refractivity contribution in [3.63, 3.8) is 0 Å². The standard InChI is InChI=1S/C6H7N3O2/c7-6(10)11-3-5-1-8-4-9-2-5/h1-2,4H,3H2,(H2,7,10). The smallest absolute Gasteiger partial charge is 0.404 e. The fourth-order valence-electron chi connectivity index (χ4n) is 0.559. The molecule has 0 saturated heterocycles. The number of aromatic nitrogens is 2. The van der Waals surface area contributed by atoms with E-state index in [0.29, 0.717) is 5.56 Å². The van der Waals surface area contributed by atoms with Gasteiger partial charge in [-0.3, -0.25) is 0 Å². The number of nitrogens with two attached hydrogens (primary N) is 1. The van der Waals surface area contributed by atoms with E-state index in [2.05, 4.69) is 14.7 Å². The molecule has 2 N–H and O–H groups in total. The molecule has 0 spiro atoms. The first kappa shape index (κ1) is 7.46. The molecular weight excluding hydrogens is 146 g/mol. The van der Waals surface area contributed by atoms with Crippen molar-refractivity contribution in [2.24, 2.45) is 5.73 Å². The van der Waals surface area contributed by atoms with E-state index in [9.17, 15) is 4.79 Å². The molecule has 0 aliphatic heterocycles. The average Bonchev–Trinajstić information content (AvgIpc) is 2.03. The zero-order valence-electron chi connectivity index (χ0n) is 5.73. The Morgan fingerprint density at radius 3 is 2.73 bits per heavy atom. The minimum absolute atomic E-state index is 0.121. The number of nitrogens with zero attached hydrogens (tertiary/aromatic N) is 2. The summed E-state index contributed by atoms with van der Waals surface area (Å²) < 4.78 is 4.49. The van der Waals surface area contributed by atoms with Crippen LogP contribution in [0.2, 0.25) is 0 Å². The Balaban J connectivity index is 2.45. The summed E-state index contributed by atoms with van der Waals surface area (Å²) in [6.07, 6.45) is 3.70. The first-order valence-corrected chi connectivity index (χ1v) is 2.95. The van der Waals surface area contributed by atoms with E-state index in [1.807, 2.05) is 0 Å². The molecule has 5 heteroatoms. The fraction of sp³-hybridized carbons (Fsp3) is 0.167. The summed E-state index contributed by atoms with van der Waals surface area (Å²) in [5.41, 5.74) is 5.45. The van der Waals surface area contributed by atoms with Gasteiger partial charge in [0.1, 0.15) is 12.9 Å². The minimum atomic E-state index is -0.797. The van der Waals surface area contributed by atoms with Gasteiger partial charge in [-0.1, -0.05) is 0 Å². The zero-order valence-corrected chi connectivity index (χ0v) is 5.73. The molecule has 0 fully saturated rings. The van der Waals surface area contributed by atoms with Crippen LogP contribution in [0.25, 0.3) is 0 Å². The largest absolute Gasteiger partial charge is 0.445 e. The quantitative estimate of drug-likeness (QED) is 0.652. The molecule has 1 heterocycles. The van der Waals surface area contributed by atoms with E-state index < -0.39 is 6.09 Å². The van der Waals surface area contributed by atoms with Gasteiger partial charge in [0.15, 0.2) is 0 Å². The van der Waals surface area contributed by atoms with Gasteiger partial charge in [0.05, 0.1) is 0 Å². The van der Waals surface area contributed by atoms with Gasteiger partial charge in [0.25, 0.3) is 0 Å². The summed E-state index contributed by atoms with van der Waals surface area (Å²) >= 11 is 0. The van der Waals surface area contributed by atoms with E-state index in [0.717, 1.165) is 0 Å². The first-order valence-electron chi connectivity index (χ1n) is 2.95. The number of amides is 1. The summed E-state index contributed by atoms with van der Waals surface area (Å²) in [5.74, 6) is 0. The Kier molecular flexibility index (Phi) is 2.37. The van der Waals surface area contributed by atoms with Crippen LogP contribution in [-0.2, 0) is 11.3 Å². The Hall–Kier alpha value is -1.65. The highest BCUT2D eigenvalue weighted by atomic mass is 16.5. The summed E-state index contributed by atoms with van der Waals surface area (Å²) in [5, 5.41) is 0. The van der Waals surface area contributed by atoms with Crippen LogP contribution in [0.15, 0.2) is 18.7 Å². The molecule has 1 aromatic heterocycles. The number of carbonyl (C=O) groups excluding carboxylic acids is 1. The molecule has 0 aromatic carbocycles. The lowest BCUT2D eigenvalue weighted by molar-refractivity contribution is 0.150. The number of primary amides is 1. The van der Waals surface area contributed by atoms with Crippen LogP contribution >= 0.6 is 0 Å². The molecule has 0 aliphatic carbocycles. The van der Waals surface area contributed by atoms with Crippen molar-refractivity contribution in [1.29, 1.82) is 0 Å². The summed E-state index contributed by atoms with van der Waals surface area (Å²) in [4.78, 5) is 17.6. The van der Waals surface area contributed by atoms with Crippen molar-refractivity contribution in [2.45, 2.75) is 6.61 Å². The van der Waals surface area contributed by atoms with Crippen LogP contribution in [0.3, 0.4) is 0 Å². The monoisotopic (exact) mass is 153 g/mol. The maximum absolute atomic E-state index is 10.1. The van der Waals surface area contributed by atoms with Crippen molar-refractivity contribution in [3.8, 4) is 0 Å². The van der Waals surface area contributed by atoms with Crippen LogP contribution < -0.4 is 5.73 Å². The topological polar surface area (TPSA) is 78.1 Å². The Bertz CT molecular complexity index is 237. The van der Waals surface area contributed by atoms with Gasteiger partial charge in [-0.25, -0.2) is 14.8 Å². The number of ether oxygens (including phenoxy) is 1. The lowest BCUT2D eigenvalue weighted by Gasteiger charge is -1.98. The van der Waals surface area contributed by atoms with E-state index in [-0.39, 0.29) is 6.61 Å². The van der Waals surface area contributed by atoms with Crippen molar-refractivity contribution in [1.82, 2.24) is 9.97 Å². The summed E-state index contributed by atoms with van der Waals surface area (Å²) in [6, 6.07) is 0. The second-order valence-electron chi connectivity index (χ2n) is 1.85. The minimum Gasteiger partial charge on any atom is -0.445 e. The van der Waals surface area contributed by atoms with E-state index in [1.165, 1.54) is 6.33 Å². The lowest BCUT2D eigenvalue weighted by atomic mass is 10.4. The Morgan fingerprint density at radius 2 is 2.18 bits per heavy atom. The Morgan fingerprint density at radius 1 is 1.55 bits per heavy atom. The SMILES string of the molecule is NC(=O)OCc1cncnc1. The van der Waals surface area contributed by atoms with Gasteiger partial charge < -0.3 is 10.5 Å². The maximum atomic E-state index is 10.1. The first-order chi connectivity index (χ1) is 5.29. The predicted molar refractivity (Wildman–Crippen MR) is 36.4 cm³/mol. The normalized spacial score (nSPS) is 9.09. The fourth-order valence-corrected chi connectivity index (χ4v) is 0.559. The molecule has 5 nitrogen and oxygen atoms in total. The molecule has 0 aliphatic rings. The highest BCUT2D eigenvalue weighted by molar-refractivity contribution is 5.64. The molecule has 0 unspecified atom stereocenters. The number of rotatable bonds is 2. The van der Waals surface area contributed by atoms with Crippen molar-refractivity contribution in [3.05, 3.63) is 24.3 Å². The van der Waals surface area contributed by atoms with Crippen molar-refractivity contribution in [2.75, 3.05) is 0 Å². The summed E-state index contributed by atoms with van der Waals surface area (Å²) in [6.45, 7) is 0.121. The predicted octanol–water partition coefficient (Wildman–Crippen LogP) is 0.0719. The second-order valence-corrected chi connectivity index (χ2v) is 1.85. The van der Waals surface area contributed by atoms with Gasteiger partial charge >= 0.3 is 6.09 Å². The van der Waals surface area contributed by atoms with Gasteiger partial charge in [0.2, 0.25) is 0 Å². The van der Waals surface area contributed by atoms with E-state index >= 15 is 0 Å².